The van der Waals surface area contributed by atoms with Gasteiger partial charge in [0.15, 0.2) is 0 Å². The summed E-state index contributed by atoms with van der Waals surface area (Å²) in [5.74, 6) is -1.49. The molecule has 0 bridgehead atoms. The van der Waals surface area contributed by atoms with Crippen molar-refractivity contribution in [2.45, 2.75) is 19.4 Å². The standard InChI is InChI=1S/C10H11BrO3/c1-6(10(13)14)9-4-8(11)3-2-7(9)5-12/h2-4,6,12H,5H2,1H3,(H,13,14). The Hall–Kier alpha value is -0.870. The molecule has 1 atom stereocenters. The molecule has 0 aliphatic rings. The highest BCUT2D eigenvalue weighted by Gasteiger charge is 2.17. The largest absolute Gasteiger partial charge is 0.481 e. The van der Waals surface area contributed by atoms with Crippen LogP contribution in [-0.4, -0.2) is 16.2 Å². The van der Waals surface area contributed by atoms with Gasteiger partial charge in [0.2, 0.25) is 0 Å². The first kappa shape index (κ1) is 11.2. The SMILES string of the molecule is CC(C(=O)O)c1cc(Br)ccc1CO. The molecule has 76 valence electrons. The third-order valence-corrected chi connectivity index (χ3v) is 2.61. The summed E-state index contributed by atoms with van der Waals surface area (Å²) in [6.45, 7) is 1.46. The number of aliphatic hydroxyl groups is 1. The Balaban J connectivity index is 3.16. The molecule has 4 heteroatoms. The quantitative estimate of drug-likeness (QED) is 0.874. The molecule has 14 heavy (non-hydrogen) atoms. The highest BCUT2D eigenvalue weighted by Crippen LogP contribution is 2.24. The first-order valence-electron chi connectivity index (χ1n) is 4.18. The summed E-state index contributed by atoms with van der Waals surface area (Å²) in [6, 6.07) is 5.23. The van der Waals surface area contributed by atoms with Crippen molar-refractivity contribution in [1.29, 1.82) is 0 Å². The third-order valence-electron chi connectivity index (χ3n) is 2.12. The number of hydrogen-bond acceptors (Lipinski definition) is 2. The van der Waals surface area contributed by atoms with Gasteiger partial charge in [0.05, 0.1) is 12.5 Å². The average Bonchev–Trinajstić information content (AvgIpc) is 2.16. The predicted molar refractivity (Wildman–Crippen MR) is 56.1 cm³/mol. The molecule has 0 aliphatic heterocycles. The van der Waals surface area contributed by atoms with Gasteiger partial charge in [-0.2, -0.15) is 0 Å². The van der Waals surface area contributed by atoms with Gasteiger partial charge >= 0.3 is 5.97 Å². The van der Waals surface area contributed by atoms with E-state index in [0.717, 1.165) is 4.47 Å². The van der Waals surface area contributed by atoms with Crippen molar-refractivity contribution < 1.29 is 15.0 Å². The van der Waals surface area contributed by atoms with E-state index in [4.69, 9.17) is 10.2 Å². The Labute approximate surface area is 90.5 Å². The van der Waals surface area contributed by atoms with E-state index in [0.29, 0.717) is 11.1 Å². The lowest BCUT2D eigenvalue weighted by Gasteiger charge is -2.11. The summed E-state index contributed by atoms with van der Waals surface area (Å²) in [4.78, 5) is 10.8. The number of rotatable bonds is 3. The minimum atomic E-state index is -0.891. The van der Waals surface area contributed by atoms with Gasteiger partial charge in [-0.15, -0.1) is 0 Å². The molecule has 1 aromatic carbocycles. The minimum Gasteiger partial charge on any atom is -0.481 e. The van der Waals surface area contributed by atoms with E-state index >= 15 is 0 Å². The lowest BCUT2D eigenvalue weighted by molar-refractivity contribution is -0.138. The van der Waals surface area contributed by atoms with Crippen LogP contribution in [0.3, 0.4) is 0 Å². The molecule has 3 nitrogen and oxygen atoms in total. The van der Waals surface area contributed by atoms with Crippen molar-refractivity contribution in [3.8, 4) is 0 Å². The maximum absolute atomic E-state index is 10.8. The zero-order chi connectivity index (χ0) is 10.7. The smallest absolute Gasteiger partial charge is 0.310 e. The van der Waals surface area contributed by atoms with Crippen molar-refractivity contribution in [3.05, 3.63) is 33.8 Å². The molecule has 1 rings (SSSR count). The van der Waals surface area contributed by atoms with Crippen LogP contribution in [-0.2, 0) is 11.4 Å². The number of aliphatic hydroxyl groups excluding tert-OH is 1. The van der Waals surface area contributed by atoms with Gasteiger partial charge in [0.1, 0.15) is 0 Å². The highest BCUT2D eigenvalue weighted by atomic mass is 79.9. The van der Waals surface area contributed by atoms with Crippen molar-refractivity contribution in [2.24, 2.45) is 0 Å². The van der Waals surface area contributed by atoms with Crippen LogP contribution >= 0.6 is 15.9 Å². The topological polar surface area (TPSA) is 57.5 Å². The van der Waals surface area contributed by atoms with Gasteiger partial charge in [-0.3, -0.25) is 4.79 Å². The fourth-order valence-electron chi connectivity index (χ4n) is 1.25. The van der Waals surface area contributed by atoms with E-state index < -0.39 is 11.9 Å². The number of carboxylic acid groups (broad SMARTS) is 1. The normalized spacial score (nSPS) is 12.5. The maximum Gasteiger partial charge on any atom is 0.310 e. The molecule has 0 spiro atoms. The molecule has 0 aliphatic carbocycles. The summed E-state index contributed by atoms with van der Waals surface area (Å²) in [5.41, 5.74) is 1.30. The molecule has 2 N–H and O–H groups in total. The fourth-order valence-corrected chi connectivity index (χ4v) is 1.62. The second-order valence-corrected chi connectivity index (χ2v) is 3.98. The number of halogens is 1. The lowest BCUT2D eigenvalue weighted by Crippen LogP contribution is -2.10. The molecule has 0 fully saturated rings. The molecular formula is C10H11BrO3. The Bertz CT molecular complexity index is 349. The van der Waals surface area contributed by atoms with Crippen molar-refractivity contribution in [2.75, 3.05) is 0 Å². The van der Waals surface area contributed by atoms with Crippen molar-refractivity contribution in [3.63, 3.8) is 0 Å². The molecule has 0 saturated heterocycles. The molecule has 0 saturated carbocycles. The van der Waals surface area contributed by atoms with Gasteiger partial charge in [0.25, 0.3) is 0 Å². The van der Waals surface area contributed by atoms with E-state index in [1.54, 1.807) is 25.1 Å². The number of benzene rings is 1. The zero-order valence-electron chi connectivity index (χ0n) is 7.70. The second-order valence-electron chi connectivity index (χ2n) is 3.06. The summed E-state index contributed by atoms with van der Waals surface area (Å²) < 4.78 is 0.817. The molecule has 0 radical (unpaired) electrons. The van der Waals surface area contributed by atoms with Crippen molar-refractivity contribution >= 4 is 21.9 Å². The van der Waals surface area contributed by atoms with E-state index in [9.17, 15) is 4.79 Å². The molecule has 1 aromatic rings. The van der Waals surface area contributed by atoms with Crippen LogP contribution in [0.15, 0.2) is 22.7 Å². The number of carboxylic acids is 1. The molecule has 1 unspecified atom stereocenters. The minimum absolute atomic E-state index is 0.139. The van der Waals surface area contributed by atoms with Crippen LogP contribution in [0.2, 0.25) is 0 Å². The predicted octanol–water partition coefficient (Wildman–Crippen LogP) is 2.13. The monoisotopic (exact) mass is 258 g/mol. The van der Waals surface area contributed by atoms with Gasteiger partial charge in [-0.1, -0.05) is 22.0 Å². The summed E-state index contributed by atoms with van der Waals surface area (Å²) in [5, 5.41) is 17.9. The van der Waals surface area contributed by atoms with Crippen LogP contribution in [0.1, 0.15) is 24.0 Å². The van der Waals surface area contributed by atoms with Gasteiger partial charge in [-0.25, -0.2) is 0 Å². The van der Waals surface area contributed by atoms with Gasteiger partial charge < -0.3 is 10.2 Å². The molecular weight excluding hydrogens is 248 g/mol. The molecule has 0 aromatic heterocycles. The second kappa shape index (κ2) is 4.57. The Morgan fingerprint density at radius 2 is 2.21 bits per heavy atom. The van der Waals surface area contributed by atoms with Gasteiger partial charge in [0, 0.05) is 4.47 Å². The number of hydrogen-bond donors (Lipinski definition) is 2. The van der Waals surface area contributed by atoms with E-state index in [1.807, 2.05) is 0 Å². The molecule has 0 amide bonds. The Kier molecular flexibility index (Phi) is 3.66. The van der Waals surface area contributed by atoms with Crippen LogP contribution < -0.4 is 0 Å². The summed E-state index contributed by atoms with van der Waals surface area (Å²) in [6.07, 6.45) is 0. The van der Waals surface area contributed by atoms with E-state index in [2.05, 4.69) is 15.9 Å². The summed E-state index contributed by atoms with van der Waals surface area (Å²) in [7, 11) is 0. The van der Waals surface area contributed by atoms with E-state index in [-0.39, 0.29) is 6.61 Å². The van der Waals surface area contributed by atoms with Crippen molar-refractivity contribution in [1.82, 2.24) is 0 Å². The molecule has 0 heterocycles. The first-order valence-corrected chi connectivity index (χ1v) is 4.97. The van der Waals surface area contributed by atoms with Crippen LogP contribution in [0.4, 0.5) is 0 Å². The van der Waals surface area contributed by atoms with Crippen LogP contribution in [0, 0.1) is 0 Å². The average molecular weight is 259 g/mol. The van der Waals surface area contributed by atoms with E-state index in [1.165, 1.54) is 0 Å². The first-order chi connectivity index (χ1) is 6.56. The Morgan fingerprint density at radius 1 is 1.57 bits per heavy atom. The maximum atomic E-state index is 10.8. The zero-order valence-corrected chi connectivity index (χ0v) is 9.28. The number of carbonyl (C=O) groups is 1. The fraction of sp³-hybridized carbons (Fsp3) is 0.300. The van der Waals surface area contributed by atoms with Crippen LogP contribution in [0.5, 0.6) is 0 Å². The lowest BCUT2D eigenvalue weighted by atomic mass is 9.96. The van der Waals surface area contributed by atoms with Gasteiger partial charge in [-0.05, 0) is 30.2 Å². The Morgan fingerprint density at radius 3 is 2.71 bits per heavy atom. The van der Waals surface area contributed by atoms with Crippen LogP contribution in [0.25, 0.3) is 0 Å². The highest BCUT2D eigenvalue weighted by molar-refractivity contribution is 9.10. The third kappa shape index (κ3) is 2.33. The summed E-state index contributed by atoms with van der Waals surface area (Å²) >= 11 is 3.27. The number of aliphatic carboxylic acids is 1.